The second-order valence-electron chi connectivity index (χ2n) is 7.94. The van der Waals surface area contributed by atoms with Crippen LogP contribution in [0.15, 0.2) is 72.4 Å². The second kappa shape index (κ2) is 10.6. The first kappa shape index (κ1) is 22.3. The van der Waals surface area contributed by atoms with Crippen LogP contribution in [0.1, 0.15) is 11.1 Å². The van der Waals surface area contributed by atoms with E-state index in [0.29, 0.717) is 12.3 Å². The van der Waals surface area contributed by atoms with Crippen molar-refractivity contribution in [1.82, 2.24) is 24.6 Å². The number of thioether (sulfide) groups is 1. The minimum absolute atomic E-state index is 0.153. The fourth-order valence-corrected chi connectivity index (χ4v) is 4.74. The van der Waals surface area contributed by atoms with Crippen molar-refractivity contribution in [3.05, 3.63) is 78.4 Å². The number of benzene rings is 2. The molecule has 0 spiro atoms. The van der Waals surface area contributed by atoms with Crippen molar-refractivity contribution in [2.24, 2.45) is 0 Å². The molecule has 0 atom stereocenters. The van der Waals surface area contributed by atoms with E-state index in [9.17, 15) is 4.79 Å². The third kappa shape index (κ3) is 5.29. The molecular formula is C25H29N5OS. The summed E-state index contributed by atoms with van der Waals surface area (Å²) in [6.07, 6.45) is 1.83. The molecule has 1 aliphatic heterocycles. The second-order valence-corrected chi connectivity index (χ2v) is 8.89. The molecule has 0 aliphatic carbocycles. The molecule has 0 saturated carbocycles. The summed E-state index contributed by atoms with van der Waals surface area (Å²) in [4.78, 5) is 17.2. The number of aromatic nitrogens is 3. The number of hydrogen-bond donors (Lipinski definition) is 0. The third-order valence-corrected chi connectivity index (χ3v) is 6.72. The van der Waals surface area contributed by atoms with Crippen LogP contribution in [0.3, 0.4) is 0 Å². The zero-order chi connectivity index (χ0) is 22.3. The lowest BCUT2D eigenvalue weighted by molar-refractivity contribution is -0.130. The number of aryl methyl sites for hydroxylation is 1. The number of nitrogens with zero attached hydrogens (tertiary/aromatic N) is 5. The molecule has 7 heteroatoms. The lowest BCUT2D eigenvalue weighted by Gasteiger charge is -2.35. The first-order chi connectivity index (χ1) is 15.7. The Balaban J connectivity index is 1.32. The Labute approximate surface area is 193 Å². The first-order valence-electron chi connectivity index (χ1n) is 10.9. The van der Waals surface area contributed by atoms with Crippen LogP contribution >= 0.6 is 11.8 Å². The normalized spacial score (nSPS) is 14.5. The number of amides is 1. The van der Waals surface area contributed by atoms with Gasteiger partial charge in [-0.15, -0.1) is 16.8 Å². The minimum Gasteiger partial charge on any atom is -0.339 e. The van der Waals surface area contributed by atoms with Gasteiger partial charge in [0.05, 0.1) is 5.75 Å². The van der Waals surface area contributed by atoms with Gasteiger partial charge in [-0.3, -0.25) is 14.3 Å². The van der Waals surface area contributed by atoms with Gasteiger partial charge in [0.1, 0.15) is 0 Å². The van der Waals surface area contributed by atoms with Gasteiger partial charge < -0.3 is 4.90 Å². The molecule has 0 unspecified atom stereocenters. The molecule has 3 aromatic rings. The zero-order valence-electron chi connectivity index (χ0n) is 18.5. The molecule has 2 aromatic carbocycles. The number of hydrogen-bond acceptors (Lipinski definition) is 5. The summed E-state index contributed by atoms with van der Waals surface area (Å²) in [7, 11) is 0. The van der Waals surface area contributed by atoms with Crippen LogP contribution in [0, 0.1) is 6.92 Å². The quantitative estimate of drug-likeness (QED) is 0.388. The molecule has 1 aliphatic rings. The number of carbonyl (C=O) groups excluding carboxylic acids is 1. The molecule has 166 valence electrons. The highest BCUT2D eigenvalue weighted by Crippen LogP contribution is 2.24. The lowest BCUT2D eigenvalue weighted by atomic mass is 10.1. The van der Waals surface area contributed by atoms with Gasteiger partial charge in [-0.1, -0.05) is 72.4 Å². The summed E-state index contributed by atoms with van der Waals surface area (Å²) < 4.78 is 2.01. The van der Waals surface area contributed by atoms with Gasteiger partial charge in [-0.2, -0.15) is 0 Å². The topological polar surface area (TPSA) is 54.3 Å². The Morgan fingerprint density at radius 1 is 1.03 bits per heavy atom. The molecule has 0 bridgehead atoms. The highest BCUT2D eigenvalue weighted by molar-refractivity contribution is 7.99. The molecule has 0 radical (unpaired) electrons. The van der Waals surface area contributed by atoms with Crippen molar-refractivity contribution < 1.29 is 4.79 Å². The van der Waals surface area contributed by atoms with E-state index in [-0.39, 0.29) is 5.91 Å². The van der Waals surface area contributed by atoms with Crippen molar-refractivity contribution in [3.63, 3.8) is 0 Å². The predicted molar refractivity (Wildman–Crippen MR) is 129 cm³/mol. The molecular weight excluding hydrogens is 418 g/mol. The van der Waals surface area contributed by atoms with Gasteiger partial charge in [0.2, 0.25) is 5.91 Å². The van der Waals surface area contributed by atoms with E-state index in [1.54, 1.807) is 0 Å². The summed E-state index contributed by atoms with van der Waals surface area (Å²) in [5.74, 6) is 1.31. The molecule has 1 aromatic heterocycles. The average Bonchev–Trinajstić information content (AvgIpc) is 3.23. The SMILES string of the molecule is C=CCn1c(SCC(=O)N2CCN(Cc3ccccc3C)CC2)nnc1-c1ccccc1. The molecule has 6 nitrogen and oxygen atoms in total. The maximum absolute atomic E-state index is 12.8. The third-order valence-electron chi connectivity index (χ3n) is 5.77. The number of allylic oxidation sites excluding steroid dienone is 1. The Hall–Kier alpha value is -2.90. The molecule has 1 saturated heterocycles. The predicted octanol–water partition coefficient (Wildman–Crippen LogP) is 3.88. The van der Waals surface area contributed by atoms with Gasteiger partial charge in [-0.05, 0) is 18.1 Å². The van der Waals surface area contributed by atoms with Gasteiger partial charge in [0.15, 0.2) is 11.0 Å². The fourth-order valence-electron chi connectivity index (χ4n) is 3.89. The standard InChI is InChI=1S/C25H29N5OS/c1-3-13-30-24(21-10-5-4-6-11-21)26-27-25(30)32-19-23(31)29-16-14-28(15-17-29)18-22-12-8-7-9-20(22)2/h3-12H,1,13-19H2,2H3. The van der Waals surface area contributed by atoms with E-state index in [4.69, 9.17) is 0 Å². The van der Waals surface area contributed by atoms with Crippen LogP contribution in [-0.4, -0.2) is 62.4 Å². The molecule has 0 N–H and O–H groups in total. The van der Waals surface area contributed by atoms with Gasteiger partial charge >= 0.3 is 0 Å². The maximum Gasteiger partial charge on any atom is 0.233 e. The Morgan fingerprint density at radius 3 is 2.47 bits per heavy atom. The zero-order valence-corrected chi connectivity index (χ0v) is 19.3. The van der Waals surface area contributed by atoms with Crippen LogP contribution in [-0.2, 0) is 17.9 Å². The number of rotatable bonds is 8. The molecule has 1 amide bonds. The van der Waals surface area contributed by atoms with Gasteiger partial charge in [0, 0.05) is 44.8 Å². The van der Waals surface area contributed by atoms with Crippen molar-refractivity contribution >= 4 is 17.7 Å². The number of carbonyl (C=O) groups is 1. The van der Waals surface area contributed by atoms with Gasteiger partial charge in [-0.25, -0.2) is 0 Å². The average molecular weight is 448 g/mol. The summed E-state index contributed by atoms with van der Waals surface area (Å²) in [5.41, 5.74) is 3.68. The summed E-state index contributed by atoms with van der Waals surface area (Å²) >= 11 is 1.45. The van der Waals surface area contributed by atoms with Crippen LogP contribution in [0.5, 0.6) is 0 Å². The van der Waals surface area contributed by atoms with E-state index < -0.39 is 0 Å². The van der Waals surface area contributed by atoms with Crippen LogP contribution in [0.25, 0.3) is 11.4 Å². The van der Waals surface area contributed by atoms with Crippen molar-refractivity contribution in [1.29, 1.82) is 0 Å². The molecule has 32 heavy (non-hydrogen) atoms. The Kier molecular flexibility index (Phi) is 7.39. The first-order valence-corrected chi connectivity index (χ1v) is 11.9. The Bertz CT molecular complexity index is 1060. The van der Waals surface area contributed by atoms with E-state index in [1.807, 2.05) is 45.9 Å². The van der Waals surface area contributed by atoms with Crippen molar-refractivity contribution in [3.8, 4) is 11.4 Å². The minimum atomic E-state index is 0.153. The lowest BCUT2D eigenvalue weighted by Crippen LogP contribution is -2.48. The largest absolute Gasteiger partial charge is 0.339 e. The van der Waals surface area contributed by atoms with E-state index >= 15 is 0 Å². The van der Waals surface area contributed by atoms with Gasteiger partial charge in [0.25, 0.3) is 0 Å². The highest BCUT2D eigenvalue weighted by atomic mass is 32.2. The van der Waals surface area contributed by atoms with E-state index in [0.717, 1.165) is 49.3 Å². The molecule has 4 rings (SSSR count). The Morgan fingerprint density at radius 2 is 1.75 bits per heavy atom. The summed E-state index contributed by atoms with van der Waals surface area (Å²) in [6.45, 7) is 10.9. The van der Waals surface area contributed by atoms with Crippen LogP contribution in [0.2, 0.25) is 0 Å². The number of piperazine rings is 1. The van der Waals surface area contributed by atoms with E-state index in [2.05, 4.69) is 52.9 Å². The maximum atomic E-state index is 12.8. The van der Waals surface area contributed by atoms with Crippen molar-refractivity contribution in [2.75, 3.05) is 31.9 Å². The molecule has 2 heterocycles. The summed E-state index contributed by atoms with van der Waals surface area (Å²) in [6, 6.07) is 18.5. The molecule has 1 fully saturated rings. The smallest absolute Gasteiger partial charge is 0.233 e. The van der Waals surface area contributed by atoms with Crippen LogP contribution in [0.4, 0.5) is 0 Å². The van der Waals surface area contributed by atoms with E-state index in [1.165, 1.54) is 22.9 Å². The van der Waals surface area contributed by atoms with Crippen molar-refractivity contribution in [2.45, 2.75) is 25.2 Å². The summed E-state index contributed by atoms with van der Waals surface area (Å²) in [5, 5.41) is 9.46. The fraction of sp³-hybridized carbons (Fsp3) is 0.320. The van der Waals surface area contributed by atoms with Crippen LogP contribution < -0.4 is 0 Å². The monoisotopic (exact) mass is 447 g/mol. The highest BCUT2D eigenvalue weighted by Gasteiger charge is 2.22.